The van der Waals surface area contributed by atoms with Crippen LogP contribution in [0, 0.1) is 0 Å². The van der Waals surface area contributed by atoms with Crippen LogP contribution < -0.4 is 5.69 Å². The van der Waals surface area contributed by atoms with E-state index in [0.717, 1.165) is 29.7 Å². The van der Waals surface area contributed by atoms with E-state index >= 15 is 0 Å². The Morgan fingerprint density at radius 2 is 2.22 bits per heavy atom. The van der Waals surface area contributed by atoms with Crippen LogP contribution in [0.25, 0.3) is 11.0 Å². The molecule has 0 saturated heterocycles. The van der Waals surface area contributed by atoms with Crippen LogP contribution in [0.2, 0.25) is 5.02 Å². The van der Waals surface area contributed by atoms with Crippen molar-refractivity contribution in [3.8, 4) is 0 Å². The number of thioether (sulfide) groups is 1. The first-order chi connectivity index (χ1) is 11.1. The predicted molar refractivity (Wildman–Crippen MR) is 93.0 cm³/mol. The average molecular weight is 352 g/mol. The molecule has 0 aliphatic heterocycles. The number of unbranched alkanes of at least 4 members (excludes halogenated alkanes) is 1. The van der Waals surface area contributed by atoms with E-state index in [2.05, 4.69) is 22.1 Å². The van der Waals surface area contributed by atoms with Gasteiger partial charge in [-0.25, -0.2) is 14.9 Å². The molecule has 122 valence electrons. The number of imidazole rings is 1. The Bertz CT molecular complexity index is 882. The van der Waals surface area contributed by atoms with Gasteiger partial charge in [-0.2, -0.15) is 0 Å². The van der Waals surface area contributed by atoms with Crippen LogP contribution in [-0.4, -0.2) is 24.3 Å². The molecule has 0 amide bonds. The number of aromatic nitrogens is 5. The molecule has 0 aliphatic carbocycles. The molecule has 23 heavy (non-hydrogen) atoms. The number of hydrogen-bond acceptors (Lipinski definition) is 4. The normalized spacial score (nSPS) is 11.4. The third-order valence-electron chi connectivity index (χ3n) is 3.72. The molecule has 2 heterocycles. The third-order valence-corrected chi connectivity index (χ3v) is 4.93. The maximum absolute atomic E-state index is 11.8. The number of rotatable bonds is 6. The van der Waals surface area contributed by atoms with Crippen molar-refractivity contribution in [1.29, 1.82) is 0 Å². The fourth-order valence-electron chi connectivity index (χ4n) is 2.41. The average Bonchev–Trinajstić information content (AvgIpc) is 3.03. The molecule has 1 N–H and O–H groups in total. The summed E-state index contributed by atoms with van der Waals surface area (Å²) < 4.78 is 3.73. The van der Waals surface area contributed by atoms with Gasteiger partial charge < -0.3 is 4.57 Å². The van der Waals surface area contributed by atoms with Crippen molar-refractivity contribution in [3.63, 3.8) is 0 Å². The van der Waals surface area contributed by atoms with Gasteiger partial charge in [0.25, 0.3) is 0 Å². The fourth-order valence-corrected chi connectivity index (χ4v) is 3.53. The Balaban J connectivity index is 1.81. The molecule has 3 rings (SSSR count). The van der Waals surface area contributed by atoms with Crippen molar-refractivity contribution in [2.45, 2.75) is 37.2 Å². The highest BCUT2D eigenvalue weighted by atomic mass is 35.5. The van der Waals surface area contributed by atoms with Crippen molar-refractivity contribution in [3.05, 3.63) is 39.5 Å². The molecule has 0 saturated carbocycles. The molecule has 0 fully saturated rings. The second-order valence-electron chi connectivity index (χ2n) is 5.33. The Labute approximate surface area is 142 Å². The standard InChI is InChI=1S/C15H18ClN5OS/c1-3-4-7-21-14(22)18-19-15(21)23-9-13-17-11-8-10(16)5-6-12(11)20(13)2/h5-6,8H,3-4,7,9H2,1-2H3,(H,18,22). The molecule has 8 heteroatoms. The minimum Gasteiger partial charge on any atom is -0.330 e. The SMILES string of the molecule is CCCCn1c(SCc2nc3cc(Cl)ccc3n2C)n[nH]c1=O. The van der Waals surface area contributed by atoms with Gasteiger partial charge in [-0.05, 0) is 24.6 Å². The van der Waals surface area contributed by atoms with Gasteiger partial charge in [0.05, 0.1) is 16.8 Å². The molecular weight excluding hydrogens is 334 g/mol. The second-order valence-corrected chi connectivity index (χ2v) is 6.70. The van der Waals surface area contributed by atoms with Crippen molar-refractivity contribution >= 4 is 34.4 Å². The number of hydrogen-bond donors (Lipinski definition) is 1. The highest BCUT2D eigenvalue weighted by Crippen LogP contribution is 2.24. The minimum atomic E-state index is -0.155. The fraction of sp³-hybridized carbons (Fsp3) is 0.400. The van der Waals surface area contributed by atoms with Gasteiger partial charge in [-0.1, -0.05) is 36.7 Å². The van der Waals surface area contributed by atoms with Crippen molar-refractivity contribution in [2.75, 3.05) is 0 Å². The summed E-state index contributed by atoms with van der Waals surface area (Å²) in [5, 5.41) is 8.01. The summed E-state index contributed by atoms with van der Waals surface area (Å²) >= 11 is 7.53. The molecule has 2 aromatic heterocycles. The molecule has 0 unspecified atom stereocenters. The maximum atomic E-state index is 11.8. The minimum absolute atomic E-state index is 0.155. The molecule has 6 nitrogen and oxygen atoms in total. The number of nitrogens with zero attached hydrogens (tertiary/aromatic N) is 4. The Morgan fingerprint density at radius 1 is 1.39 bits per heavy atom. The lowest BCUT2D eigenvalue weighted by atomic mass is 10.3. The van der Waals surface area contributed by atoms with Gasteiger partial charge in [0.2, 0.25) is 0 Å². The lowest BCUT2D eigenvalue weighted by Gasteiger charge is -2.04. The number of nitrogens with one attached hydrogen (secondary N) is 1. The summed E-state index contributed by atoms with van der Waals surface area (Å²) in [6, 6.07) is 5.68. The number of halogens is 1. The lowest BCUT2D eigenvalue weighted by Crippen LogP contribution is -2.17. The molecule has 3 aromatic rings. The summed E-state index contributed by atoms with van der Waals surface area (Å²) in [5.74, 6) is 1.56. The van der Waals surface area contributed by atoms with Crippen LogP contribution in [0.4, 0.5) is 0 Å². The summed E-state index contributed by atoms with van der Waals surface area (Å²) in [4.78, 5) is 16.4. The topological polar surface area (TPSA) is 68.5 Å². The van der Waals surface area contributed by atoms with Crippen LogP contribution in [0.3, 0.4) is 0 Å². The number of aromatic amines is 1. The number of H-pyrrole nitrogens is 1. The maximum Gasteiger partial charge on any atom is 0.343 e. The monoisotopic (exact) mass is 351 g/mol. The van der Waals surface area contributed by atoms with Gasteiger partial charge in [0.15, 0.2) is 5.16 Å². The molecule has 0 bridgehead atoms. The predicted octanol–water partition coefficient (Wildman–Crippen LogP) is 3.20. The molecule has 0 atom stereocenters. The summed E-state index contributed by atoms with van der Waals surface area (Å²) in [5.41, 5.74) is 1.76. The molecular formula is C15H18ClN5OS. The van der Waals surface area contributed by atoms with Gasteiger partial charge in [0, 0.05) is 18.6 Å². The van der Waals surface area contributed by atoms with Crippen LogP contribution in [0.15, 0.2) is 28.2 Å². The van der Waals surface area contributed by atoms with E-state index in [1.807, 2.05) is 29.8 Å². The molecule has 0 radical (unpaired) electrons. The number of fused-ring (bicyclic) bond motifs is 1. The van der Waals surface area contributed by atoms with Crippen molar-refractivity contribution in [1.82, 2.24) is 24.3 Å². The molecule has 0 aliphatic rings. The van der Waals surface area contributed by atoms with Gasteiger partial charge in [-0.3, -0.25) is 4.57 Å². The zero-order valence-electron chi connectivity index (χ0n) is 13.0. The Morgan fingerprint density at radius 3 is 3.00 bits per heavy atom. The van der Waals surface area contributed by atoms with Crippen molar-refractivity contribution in [2.24, 2.45) is 7.05 Å². The highest BCUT2D eigenvalue weighted by Gasteiger charge is 2.12. The zero-order valence-corrected chi connectivity index (χ0v) is 14.6. The van der Waals surface area contributed by atoms with E-state index in [4.69, 9.17) is 11.6 Å². The van der Waals surface area contributed by atoms with Gasteiger partial charge >= 0.3 is 5.69 Å². The summed E-state index contributed by atoms with van der Waals surface area (Å²) in [6.45, 7) is 2.79. The number of benzene rings is 1. The summed E-state index contributed by atoms with van der Waals surface area (Å²) in [7, 11) is 1.98. The number of aryl methyl sites for hydroxylation is 1. The van der Waals surface area contributed by atoms with Crippen LogP contribution in [0.5, 0.6) is 0 Å². The van der Waals surface area contributed by atoms with E-state index < -0.39 is 0 Å². The lowest BCUT2D eigenvalue weighted by molar-refractivity contribution is 0.572. The quantitative estimate of drug-likeness (QED) is 0.692. The smallest absolute Gasteiger partial charge is 0.330 e. The second kappa shape index (κ2) is 6.80. The third kappa shape index (κ3) is 3.30. The van der Waals surface area contributed by atoms with E-state index in [-0.39, 0.29) is 5.69 Å². The first kappa shape index (κ1) is 16.1. The summed E-state index contributed by atoms with van der Waals surface area (Å²) in [6.07, 6.45) is 1.99. The van der Waals surface area contributed by atoms with Crippen LogP contribution in [-0.2, 0) is 19.3 Å². The van der Waals surface area contributed by atoms with E-state index in [1.54, 1.807) is 4.57 Å². The van der Waals surface area contributed by atoms with Crippen LogP contribution in [0.1, 0.15) is 25.6 Å². The van der Waals surface area contributed by atoms with Crippen molar-refractivity contribution < 1.29 is 0 Å². The Kier molecular flexibility index (Phi) is 4.77. The van der Waals surface area contributed by atoms with Gasteiger partial charge in [0.1, 0.15) is 5.82 Å². The Hall–Kier alpha value is -1.73. The zero-order chi connectivity index (χ0) is 16.4. The molecule has 0 spiro atoms. The highest BCUT2D eigenvalue weighted by molar-refractivity contribution is 7.98. The first-order valence-electron chi connectivity index (χ1n) is 7.49. The largest absolute Gasteiger partial charge is 0.343 e. The molecule has 1 aromatic carbocycles. The van der Waals surface area contributed by atoms with E-state index in [9.17, 15) is 4.79 Å². The van der Waals surface area contributed by atoms with E-state index in [0.29, 0.717) is 22.5 Å². The first-order valence-corrected chi connectivity index (χ1v) is 8.85. The van der Waals surface area contributed by atoms with Gasteiger partial charge in [-0.15, -0.1) is 5.10 Å². The van der Waals surface area contributed by atoms with E-state index in [1.165, 1.54) is 11.8 Å². The van der Waals surface area contributed by atoms with Crippen LogP contribution >= 0.6 is 23.4 Å².